The lowest BCUT2D eigenvalue weighted by Crippen LogP contribution is -2.24. The molecule has 0 spiro atoms. The second-order valence-corrected chi connectivity index (χ2v) is 5.22. The maximum absolute atomic E-state index is 12.0. The highest BCUT2D eigenvalue weighted by molar-refractivity contribution is 6.29. The lowest BCUT2D eigenvalue weighted by Gasteiger charge is -2.11. The van der Waals surface area contributed by atoms with E-state index in [1.165, 1.54) is 5.56 Å². The van der Waals surface area contributed by atoms with Gasteiger partial charge in [-0.25, -0.2) is 9.97 Å². The number of aromatic nitrogens is 3. The molecule has 2 aromatic heterocycles. The third-order valence-corrected chi connectivity index (χ3v) is 3.61. The molecule has 1 aliphatic carbocycles. The van der Waals surface area contributed by atoms with Crippen LogP contribution in [0.3, 0.4) is 0 Å². The minimum Gasteiger partial charge on any atom is -0.305 e. The smallest absolute Gasteiger partial charge is 0.251 e. The highest BCUT2D eigenvalue weighted by atomic mass is 35.5. The van der Waals surface area contributed by atoms with Gasteiger partial charge in [-0.3, -0.25) is 4.79 Å². The fourth-order valence-electron chi connectivity index (χ4n) is 2.61. The molecule has 19 heavy (non-hydrogen) atoms. The van der Waals surface area contributed by atoms with Gasteiger partial charge in [0.1, 0.15) is 11.0 Å². The Kier molecular flexibility index (Phi) is 3.11. The standard InChI is InChI=1S/C14H14ClN3O/c1-9-7-12(15)17-13(16-9)8-18-11-4-2-3-10(11)5-6-14(18)19/h5-7H,2-4,8H2,1H3. The zero-order valence-corrected chi connectivity index (χ0v) is 11.4. The van der Waals surface area contributed by atoms with E-state index in [0.29, 0.717) is 17.5 Å². The lowest BCUT2D eigenvalue weighted by molar-refractivity contribution is 0.673. The molecule has 98 valence electrons. The van der Waals surface area contributed by atoms with Gasteiger partial charge in [0, 0.05) is 17.5 Å². The first-order valence-corrected chi connectivity index (χ1v) is 6.73. The lowest BCUT2D eigenvalue weighted by atomic mass is 10.2. The molecule has 2 aromatic rings. The molecule has 0 amide bonds. The van der Waals surface area contributed by atoms with Crippen molar-refractivity contribution in [1.82, 2.24) is 14.5 Å². The number of nitrogens with zero attached hydrogens (tertiary/aromatic N) is 3. The number of pyridine rings is 1. The van der Waals surface area contributed by atoms with Gasteiger partial charge in [0.15, 0.2) is 0 Å². The van der Waals surface area contributed by atoms with Crippen molar-refractivity contribution in [2.45, 2.75) is 32.7 Å². The van der Waals surface area contributed by atoms with Gasteiger partial charge < -0.3 is 4.57 Å². The Morgan fingerprint density at radius 1 is 1.32 bits per heavy atom. The predicted octanol–water partition coefficient (Wildman–Crippen LogP) is 2.14. The number of halogens is 1. The molecule has 0 radical (unpaired) electrons. The van der Waals surface area contributed by atoms with Gasteiger partial charge in [-0.1, -0.05) is 17.7 Å². The van der Waals surface area contributed by atoms with Crippen LogP contribution in [-0.4, -0.2) is 14.5 Å². The first kappa shape index (κ1) is 12.4. The van der Waals surface area contributed by atoms with Crippen molar-refractivity contribution in [3.05, 3.63) is 56.5 Å². The maximum atomic E-state index is 12.0. The predicted molar refractivity (Wildman–Crippen MR) is 73.6 cm³/mol. The zero-order valence-electron chi connectivity index (χ0n) is 10.7. The molecule has 5 heteroatoms. The van der Waals surface area contributed by atoms with E-state index in [9.17, 15) is 4.79 Å². The van der Waals surface area contributed by atoms with Crippen LogP contribution in [0.1, 0.15) is 29.2 Å². The van der Waals surface area contributed by atoms with Crippen LogP contribution >= 0.6 is 11.6 Å². The number of hydrogen-bond acceptors (Lipinski definition) is 3. The van der Waals surface area contributed by atoms with Crippen LogP contribution in [0, 0.1) is 6.92 Å². The Morgan fingerprint density at radius 2 is 2.16 bits per heavy atom. The normalized spacial score (nSPS) is 13.6. The van der Waals surface area contributed by atoms with E-state index in [4.69, 9.17) is 11.6 Å². The van der Waals surface area contributed by atoms with Gasteiger partial charge in [0.2, 0.25) is 0 Å². The van der Waals surface area contributed by atoms with Gasteiger partial charge in [-0.15, -0.1) is 0 Å². The number of hydrogen-bond donors (Lipinski definition) is 0. The summed E-state index contributed by atoms with van der Waals surface area (Å²) in [7, 11) is 0. The monoisotopic (exact) mass is 275 g/mol. The Morgan fingerprint density at radius 3 is 2.95 bits per heavy atom. The molecule has 3 rings (SSSR count). The van der Waals surface area contributed by atoms with Crippen LogP contribution in [0.5, 0.6) is 0 Å². The van der Waals surface area contributed by atoms with Gasteiger partial charge in [-0.05, 0) is 37.8 Å². The summed E-state index contributed by atoms with van der Waals surface area (Å²) in [5, 5.41) is 0.420. The van der Waals surface area contributed by atoms with Gasteiger partial charge >= 0.3 is 0 Å². The fourth-order valence-corrected chi connectivity index (χ4v) is 2.86. The zero-order chi connectivity index (χ0) is 13.4. The van der Waals surface area contributed by atoms with E-state index in [1.54, 1.807) is 16.7 Å². The number of rotatable bonds is 2. The second kappa shape index (κ2) is 4.78. The summed E-state index contributed by atoms with van der Waals surface area (Å²) < 4.78 is 1.77. The summed E-state index contributed by atoms with van der Waals surface area (Å²) in [5.74, 6) is 0.590. The van der Waals surface area contributed by atoms with E-state index in [-0.39, 0.29) is 5.56 Å². The average Bonchev–Trinajstić information content (AvgIpc) is 2.80. The van der Waals surface area contributed by atoms with Gasteiger partial charge in [0.25, 0.3) is 5.56 Å². The van der Waals surface area contributed by atoms with Crippen molar-refractivity contribution in [3.8, 4) is 0 Å². The van der Waals surface area contributed by atoms with Crippen LogP contribution in [0.25, 0.3) is 0 Å². The highest BCUT2D eigenvalue weighted by Gasteiger charge is 2.16. The molecule has 0 atom stereocenters. The van der Waals surface area contributed by atoms with Crippen molar-refractivity contribution in [3.63, 3.8) is 0 Å². The van der Waals surface area contributed by atoms with E-state index in [2.05, 4.69) is 9.97 Å². The van der Waals surface area contributed by atoms with E-state index >= 15 is 0 Å². The second-order valence-electron chi connectivity index (χ2n) is 4.83. The number of aryl methyl sites for hydroxylation is 2. The van der Waals surface area contributed by atoms with Crippen molar-refractivity contribution < 1.29 is 0 Å². The molecule has 4 nitrogen and oxygen atoms in total. The molecule has 0 aliphatic heterocycles. The fraction of sp³-hybridized carbons (Fsp3) is 0.357. The van der Waals surface area contributed by atoms with Crippen LogP contribution < -0.4 is 5.56 Å². The largest absolute Gasteiger partial charge is 0.305 e. The van der Waals surface area contributed by atoms with Gasteiger partial charge in [-0.2, -0.15) is 0 Å². The summed E-state index contributed by atoms with van der Waals surface area (Å²) in [6.07, 6.45) is 3.10. The van der Waals surface area contributed by atoms with E-state index in [0.717, 1.165) is 30.7 Å². The average molecular weight is 276 g/mol. The number of fused-ring (bicyclic) bond motifs is 1. The van der Waals surface area contributed by atoms with Crippen molar-refractivity contribution in [2.75, 3.05) is 0 Å². The van der Waals surface area contributed by atoms with Crippen LogP contribution in [0.2, 0.25) is 5.15 Å². The Bertz CT molecular complexity index is 673. The quantitative estimate of drug-likeness (QED) is 0.789. The van der Waals surface area contributed by atoms with Crippen LogP contribution in [0.15, 0.2) is 23.0 Å². The van der Waals surface area contributed by atoms with Crippen LogP contribution in [0.4, 0.5) is 0 Å². The molecule has 0 aromatic carbocycles. The minimum absolute atomic E-state index is 0.00174. The third-order valence-electron chi connectivity index (χ3n) is 3.42. The molecule has 2 heterocycles. The third kappa shape index (κ3) is 2.40. The van der Waals surface area contributed by atoms with Crippen molar-refractivity contribution in [2.24, 2.45) is 0 Å². The molecular formula is C14H14ClN3O. The molecule has 1 aliphatic rings. The molecule has 0 fully saturated rings. The van der Waals surface area contributed by atoms with Crippen molar-refractivity contribution >= 4 is 11.6 Å². The minimum atomic E-state index is 0.00174. The summed E-state index contributed by atoms with van der Waals surface area (Å²) in [6, 6.07) is 5.27. The molecule has 0 N–H and O–H groups in total. The van der Waals surface area contributed by atoms with E-state index in [1.807, 2.05) is 13.0 Å². The maximum Gasteiger partial charge on any atom is 0.251 e. The Balaban J connectivity index is 2.04. The Hall–Kier alpha value is -1.68. The highest BCUT2D eigenvalue weighted by Crippen LogP contribution is 2.20. The molecule has 0 unspecified atom stereocenters. The first-order chi connectivity index (χ1) is 9.13. The SMILES string of the molecule is Cc1cc(Cl)nc(Cn2c3c(ccc2=O)CCC3)n1. The summed E-state index contributed by atoms with van der Waals surface area (Å²) in [5.41, 5.74) is 3.20. The first-order valence-electron chi connectivity index (χ1n) is 6.35. The Labute approximate surface area is 116 Å². The summed E-state index contributed by atoms with van der Waals surface area (Å²) in [6.45, 7) is 2.26. The van der Waals surface area contributed by atoms with Crippen LogP contribution in [-0.2, 0) is 19.4 Å². The summed E-state index contributed by atoms with van der Waals surface area (Å²) in [4.78, 5) is 20.6. The van der Waals surface area contributed by atoms with Crippen molar-refractivity contribution in [1.29, 1.82) is 0 Å². The topological polar surface area (TPSA) is 47.8 Å². The molecule has 0 saturated carbocycles. The molecule has 0 saturated heterocycles. The molecule has 0 bridgehead atoms. The summed E-state index contributed by atoms with van der Waals surface area (Å²) >= 11 is 5.93. The molecular weight excluding hydrogens is 262 g/mol. The van der Waals surface area contributed by atoms with E-state index < -0.39 is 0 Å². The van der Waals surface area contributed by atoms with Gasteiger partial charge in [0.05, 0.1) is 6.54 Å².